The summed E-state index contributed by atoms with van der Waals surface area (Å²) in [5.41, 5.74) is 2.24. The second-order valence-electron chi connectivity index (χ2n) is 5.41. The lowest BCUT2D eigenvalue weighted by atomic mass is 10.1. The summed E-state index contributed by atoms with van der Waals surface area (Å²) in [6, 6.07) is 13.6. The fourth-order valence-corrected chi connectivity index (χ4v) is 3.40. The summed E-state index contributed by atoms with van der Waals surface area (Å²) in [6.45, 7) is 0.884. The monoisotopic (exact) mass is 363 g/mol. The molecule has 1 aliphatic heterocycles. The molecule has 3 rings (SSSR count). The van der Waals surface area contributed by atoms with Crippen molar-refractivity contribution in [3.63, 3.8) is 0 Å². The third-order valence-corrected chi connectivity index (χ3v) is 4.80. The van der Waals surface area contributed by atoms with Crippen LogP contribution in [0, 0.1) is 0 Å². The van der Waals surface area contributed by atoms with Crippen LogP contribution in [0.2, 0.25) is 5.02 Å². The molecule has 0 unspecified atom stereocenters. The van der Waals surface area contributed by atoms with E-state index in [2.05, 4.69) is 5.32 Å². The molecule has 0 saturated carbocycles. The van der Waals surface area contributed by atoms with Gasteiger partial charge in [0.1, 0.15) is 0 Å². The van der Waals surface area contributed by atoms with Crippen molar-refractivity contribution in [3.8, 4) is 11.5 Å². The molecule has 0 saturated heterocycles. The van der Waals surface area contributed by atoms with Crippen molar-refractivity contribution in [1.82, 2.24) is 5.32 Å². The van der Waals surface area contributed by atoms with Crippen molar-refractivity contribution in [3.05, 3.63) is 58.6 Å². The second-order valence-corrected chi connectivity index (χ2v) is 6.83. The highest BCUT2D eigenvalue weighted by Gasteiger charge is 2.13. The van der Waals surface area contributed by atoms with Crippen LogP contribution in [0.25, 0.3) is 0 Å². The van der Waals surface area contributed by atoms with Crippen molar-refractivity contribution in [1.29, 1.82) is 0 Å². The van der Waals surface area contributed by atoms with Gasteiger partial charge in [0.2, 0.25) is 12.7 Å². The Kier molecular flexibility index (Phi) is 5.88. The summed E-state index contributed by atoms with van der Waals surface area (Å²) >= 11 is 7.52. The van der Waals surface area contributed by atoms with Crippen LogP contribution in [0.1, 0.15) is 11.1 Å². The van der Waals surface area contributed by atoms with Crippen molar-refractivity contribution in [2.75, 3.05) is 19.1 Å². The summed E-state index contributed by atoms with van der Waals surface area (Å²) < 4.78 is 10.6. The first-order valence-electron chi connectivity index (χ1n) is 7.68. The Morgan fingerprint density at radius 2 is 2.00 bits per heavy atom. The summed E-state index contributed by atoms with van der Waals surface area (Å²) in [7, 11) is 0. The number of amides is 1. The van der Waals surface area contributed by atoms with Crippen LogP contribution in [-0.4, -0.2) is 25.0 Å². The van der Waals surface area contributed by atoms with E-state index in [1.54, 1.807) is 11.8 Å². The van der Waals surface area contributed by atoms with Gasteiger partial charge in [-0.05, 0) is 41.8 Å². The maximum Gasteiger partial charge on any atom is 0.231 e. The third kappa shape index (κ3) is 4.82. The fourth-order valence-electron chi connectivity index (χ4n) is 2.38. The van der Waals surface area contributed by atoms with Crippen molar-refractivity contribution in [2.24, 2.45) is 0 Å². The standard InChI is InChI=1S/C18H18ClNO3S/c19-15-3-1-2-14(8-15)10-24-11-18(21)20-7-6-13-4-5-16-17(9-13)23-12-22-16/h1-5,8-9H,6-7,10-12H2,(H,20,21). The molecule has 0 fully saturated rings. The Balaban J connectivity index is 1.35. The van der Waals surface area contributed by atoms with E-state index >= 15 is 0 Å². The zero-order valence-corrected chi connectivity index (χ0v) is 14.7. The van der Waals surface area contributed by atoms with Crippen LogP contribution in [0.4, 0.5) is 0 Å². The van der Waals surface area contributed by atoms with E-state index < -0.39 is 0 Å². The van der Waals surface area contributed by atoms with Crippen LogP contribution in [0.5, 0.6) is 11.5 Å². The molecule has 4 nitrogen and oxygen atoms in total. The Morgan fingerprint density at radius 1 is 1.12 bits per heavy atom. The molecule has 1 amide bonds. The molecule has 1 heterocycles. The van der Waals surface area contributed by atoms with Gasteiger partial charge in [-0.1, -0.05) is 29.8 Å². The largest absolute Gasteiger partial charge is 0.454 e. The van der Waals surface area contributed by atoms with Crippen molar-refractivity contribution < 1.29 is 14.3 Å². The number of carbonyl (C=O) groups is 1. The number of ether oxygens (including phenoxy) is 2. The molecule has 126 valence electrons. The molecule has 0 atom stereocenters. The number of thioether (sulfide) groups is 1. The molecule has 1 N–H and O–H groups in total. The molecule has 24 heavy (non-hydrogen) atoms. The van der Waals surface area contributed by atoms with Crippen LogP contribution < -0.4 is 14.8 Å². The minimum Gasteiger partial charge on any atom is -0.454 e. The Labute approximate surface area is 150 Å². The topological polar surface area (TPSA) is 47.6 Å². The number of hydrogen-bond donors (Lipinski definition) is 1. The number of nitrogens with one attached hydrogen (secondary N) is 1. The summed E-state index contributed by atoms with van der Waals surface area (Å²) in [5, 5.41) is 3.66. The molecular weight excluding hydrogens is 346 g/mol. The average molecular weight is 364 g/mol. The zero-order valence-electron chi connectivity index (χ0n) is 13.1. The summed E-state index contributed by atoms with van der Waals surface area (Å²) in [5.74, 6) is 2.81. The van der Waals surface area contributed by atoms with E-state index in [1.165, 1.54) is 0 Å². The van der Waals surface area contributed by atoms with Gasteiger partial charge in [0.25, 0.3) is 0 Å². The normalized spacial score (nSPS) is 12.2. The van der Waals surface area contributed by atoms with Crippen molar-refractivity contribution >= 4 is 29.3 Å². The summed E-state index contributed by atoms with van der Waals surface area (Å²) in [6.07, 6.45) is 0.765. The number of halogens is 1. The first-order chi connectivity index (χ1) is 11.7. The van der Waals surface area contributed by atoms with Crippen molar-refractivity contribution in [2.45, 2.75) is 12.2 Å². The quantitative estimate of drug-likeness (QED) is 0.815. The highest BCUT2D eigenvalue weighted by atomic mass is 35.5. The van der Waals surface area contributed by atoms with E-state index in [0.29, 0.717) is 12.3 Å². The molecule has 2 aromatic carbocycles. The smallest absolute Gasteiger partial charge is 0.231 e. The first-order valence-corrected chi connectivity index (χ1v) is 9.21. The lowest BCUT2D eigenvalue weighted by Crippen LogP contribution is -2.27. The van der Waals surface area contributed by atoms with Crippen LogP contribution >= 0.6 is 23.4 Å². The van der Waals surface area contributed by atoms with Gasteiger partial charge >= 0.3 is 0 Å². The number of benzene rings is 2. The van der Waals surface area contributed by atoms with Gasteiger partial charge in [-0.2, -0.15) is 0 Å². The minimum absolute atomic E-state index is 0.0442. The van der Waals surface area contributed by atoms with E-state index in [9.17, 15) is 4.79 Å². The maximum absolute atomic E-state index is 11.9. The fraction of sp³-hybridized carbons (Fsp3) is 0.278. The molecule has 0 bridgehead atoms. The molecule has 2 aromatic rings. The molecule has 0 aromatic heterocycles. The molecule has 0 spiro atoms. The van der Waals surface area contributed by atoms with E-state index in [0.717, 1.165) is 39.8 Å². The molecule has 6 heteroatoms. The average Bonchev–Trinajstić information content (AvgIpc) is 3.03. The van der Waals surface area contributed by atoms with Crippen LogP contribution in [-0.2, 0) is 17.0 Å². The lowest BCUT2D eigenvalue weighted by Gasteiger charge is -2.06. The highest BCUT2D eigenvalue weighted by molar-refractivity contribution is 7.99. The Morgan fingerprint density at radius 3 is 2.88 bits per heavy atom. The van der Waals surface area contributed by atoms with Gasteiger partial charge in [0.15, 0.2) is 11.5 Å². The molecular formula is C18H18ClNO3S. The number of rotatable bonds is 7. The van der Waals surface area contributed by atoms with Gasteiger partial charge in [0.05, 0.1) is 5.75 Å². The maximum atomic E-state index is 11.9. The number of fused-ring (bicyclic) bond motifs is 1. The van der Waals surface area contributed by atoms with Gasteiger partial charge in [-0.15, -0.1) is 11.8 Å². The Hall–Kier alpha value is -1.85. The third-order valence-electron chi connectivity index (χ3n) is 3.56. The predicted octanol–water partition coefficient (Wildman–Crippen LogP) is 3.66. The van der Waals surface area contributed by atoms with E-state index in [1.807, 2.05) is 42.5 Å². The van der Waals surface area contributed by atoms with Gasteiger partial charge in [-0.3, -0.25) is 4.79 Å². The number of carbonyl (C=O) groups excluding carboxylic acids is 1. The SMILES string of the molecule is O=C(CSCc1cccc(Cl)c1)NCCc1ccc2c(c1)OCO2. The molecule has 1 aliphatic rings. The lowest BCUT2D eigenvalue weighted by molar-refractivity contribution is -0.118. The number of hydrogen-bond acceptors (Lipinski definition) is 4. The van der Waals surface area contributed by atoms with Crippen LogP contribution in [0.15, 0.2) is 42.5 Å². The molecule has 0 aliphatic carbocycles. The predicted molar refractivity (Wildman–Crippen MR) is 96.9 cm³/mol. The van der Waals surface area contributed by atoms with E-state index in [4.69, 9.17) is 21.1 Å². The van der Waals surface area contributed by atoms with Gasteiger partial charge in [-0.25, -0.2) is 0 Å². The first kappa shape index (κ1) is 17.0. The summed E-state index contributed by atoms with van der Waals surface area (Å²) in [4.78, 5) is 11.9. The van der Waals surface area contributed by atoms with E-state index in [-0.39, 0.29) is 12.7 Å². The Bertz CT molecular complexity index is 723. The highest BCUT2D eigenvalue weighted by Crippen LogP contribution is 2.32. The van der Waals surface area contributed by atoms with Gasteiger partial charge in [0, 0.05) is 17.3 Å². The van der Waals surface area contributed by atoms with Crippen LogP contribution in [0.3, 0.4) is 0 Å². The second kappa shape index (κ2) is 8.31. The minimum atomic E-state index is 0.0442. The van der Waals surface area contributed by atoms with Gasteiger partial charge < -0.3 is 14.8 Å². The zero-order chi connectivity index (χ0) is 16.8. The molecule has 0 radical (unpaired) electrons.